The Morgan fingerprint density at radius 2 is 1.13 bits per heavy atom. The van der Waals surface area contributed by atoms with Crippen molar-refractivity contribution in [1.29, 1.82) is 5.41 Å². The quantitative estimate of drug-likeness (QED) is 0.0825. The Kier molecular flexibility index (Phi) is 7.93. The average molecular weight is 704 g/mol. The van der Waals surface area contributed by atoms with Gasteiger partial charge in [0.1, 0.15) is 11.2 Å². The summed E-state index contributed by atoms with van der Waals surface area (Å²) >= 11 is 0. The summed E-state index contributed by atoms with van der Waals surface area (Å²) in [5.41, 5.74) is 8.21. The molecule has 4 heteroatoms. The number of amidine groups is 2. The highest BCUT2D eigenvalue weighted by Crippen LogP contribution is 2.38. The van der Waals surface area contributed by atoms with E-state index in [1.807, 2.05) is 85.1 Å². The molecule has 0 unspecified atom stereocenters. The van der Waals surface area contributed by atoms with E-state index in [2.05, 4.69) is 109 Å². The predicted octanol–water partition coefficient (Wildman–Crippen LogP) is 13.3. The van der Waals surface area contributed by atoms with E-state index in [0.717, 1.165) is 71.5 Å². The van der Waals surface area contributed by atoms with E-state index in [0.29, 0.717) is 11.4 Å². The molecule has 0 saturated carbocycles. The maximum Gasteiger partial charge on any atom is 0.162 e. The van der Waals surface area contributed by atoms with Crippen LogP contribution in [0, 0.1) is 5.41 Å². The van der Waals surface area contributed by atoms with E-state index in [1.54, 1.807) is 0 Å². The van der Waals surface area contributed by atoms with Crippen LogP contribution in [0.25, 0.3) is 76.5 Å². The van der Waals surface area contributed by atoms with Gasteiger partial charge in [0.05, 0.1) is 0 Å². The Labute approximate surface area is 317 Å². The van der Waals surface area contributed by atoms with Gasteiger partial charge in [0.15, 0.2) is 11.7 Å². The normalized spacial score (nSPS) is 12.1. The van der Waals surface area contributed by atoms with Crippen molar-refractivity contribution >= 4 is 72.1 Å². The van der Waals surface area contributed by atoms with Gasteiger partial charge in [0.25, 0.3) is 0 Å². The molecule has 0 radical (unpaired) electrons. The van der Waals surface area contributed by atoms with E-state index in [-0.39, 0.29) is 5.84 Å². The molecule has 0 spiro atoms. The zero-order chi connectivity index (χ0) is 36.7. The topological polar surface area (TPSA) is 61.7 Å². The smallest absolute Gasteiger partial charge is 0.162 e. The molecule has 0 aliphatic rings. The molecule has 0 atom stereocenters. The van der Waals surface area contributed by atoms with Crippen LogP contribution in [0.4, 0.5) is 0 Å². The summed E-state index contributed by atoms with van der Waals surface area (Å²) in [6.07, 6.45) is 1.93. The van der Waals surface area contributed by atoms with E-state index in [9.17, 15) is 5.41 Å². The van der Waals surface area contributed by atoms with Gasteiger partial charge in [-0.2, -0.15) is 0 Å². The lowest BCUT2D eigenvalue weighted by atomic mass is 9.93. The van der Waals surface area contributed by atoms with Gasteiger partial charge in [-0.3, -0.25) is 5.41 Å². The molecule has 1 N–H and O–H groups in total. The Balaban J connectivity index is 1.17. The van der Waals surface area contributed by atoms with Crippen LogP contribution in [-0.4, -0.2) is 17.9 Å². The molecule has 1 heterocycles. The molecule has 1 aromatic heterocycles. The largest absolute Gasteiger partial charge is 0.455 e. The number of hydrogen-bond acceptors (Lipinski definition) is 2. The van der Waals surface area contributed by atoms with Crippen LogP contribution in [0.2, 0.25) is 0 Å². The SMILES string of the molecule is N=C(N=C(N=Cc1c2ccccc2cc2c1ccc1ccccc12)c1ccccc1-c1cccc2c1oc1ccccc12)c1ccc(-c2ccccc2)cc1. The molecule has 55 heavy (non-hydrogen) atoms. The lowest BCUT2D eigenvalue weighted by Gasteiger charge is -2.13. The summed E-state index contributed by atoms with van der Waals surface area (Å²) in [6.45, 7) is 0. The third-order valence-electron chi connectivity index (χ3n) is 10.5. The molecule has 0 aliphatic heterocycles. The molecule has 258 valence electrons. The van der Waals surface area contributed by atoms with Crippen molar-refractivity contribution in [2.24, 2.45) is 9.98 Å². The van der Waals surface area contributed by atoms with E-state index >= 15 is 0 Å². The third-order valence-corrected chi connectivity index (χ3v) is 10.5. The summed E-state index contributed by atoms with van der Waals surface area (Å²) < 4.78 is 6.51. The van der Waals surface area contributed by atoms with Gasteiger partial charge < -0.3 is 4.42 Å². The minimum absolute atomic E-state index is 0.122. The second-order valence-corrected chi connectivity index (χ2v) is 13.7. The summed E-state index contributed by atoms with van der Waals surface area (Å²) in [7, 11) is 0. The number of hydrogen-bond donors (Lipinski definition) is 1. The first-order chi connectivity index (χ1) is 27.2. The second kappa shape index (κ2) is 13.5. The molecule has 10 aromatic rings. The predicted molar refractivity (Wildman–Crippen MR) is 231 cm³/mol. The van der Waals surface area contributed by atoms with Gasteiger partial charge in [-0.05, 0) is 61.1 Å². The van der Waals surface area contributed by atoms with Gasteiger partial charge in [-0.25, -0.2) is 9.98 Å². The monoisotopic (exact) mass is 703 g/mol. The van der Waals surface area contributed by atoms with Crippen molar-refractivity contribution < 1.29 is 4.42 Å². The van der Waals surface area contributed by atoms with Gasteiger partial charge in [-0.15, -0.1) is 0 Å². The van der Waals surface area contributed by atoms with Crippen LogP contribution < -0.4 is 0 Å². The number of para-hydroxylation sites is 2. The number of nitrogens with one attached hydrogen (secondary N) is 1. The Morgan fingerprint density at radius 3 is 1.98 bits per heavy atom. The molecule has 0 bridgehead atoms. The van der Waals surface area contributed by atoms with Crippen molar-refractivity contribution in [3.8, 4) is 22.3 Å². The fourth-order valence-electron chi connectivity index (χ4n) is 7.77. The van der Waals surface area contributed by atoms with Crippen LogP contribution in [0.3, 0.4) is 0 Å². The van der Waals surface area contributed by atoms with Crippen molar-refractivity contribution in [2.75, 3.05) is 0 Å². The number of benzene rings is 9. The van der Waals surface area contributed by atoms with Crippen molar-refractivity contribution in [3.63, 3.8) is 0 Å². The van der Waals surface area contributed by atoms with Crippen molar-refractivity contribution in [2.45, 2.75) is 0 Å². The first kappa shape index (κ1) is 32.2. The fourth-order valence-corrected chi connectivity index (χ4v) is 7.77. The minimum Gasteiger partial charge on any atom is -0.455 e. The standard InChI is InChI=1S/C51H33N3O/c52-50(36-27-25-34(26-28-36)33-13-2-1-3-14-33)54-51(45-21-9-8-19-40(45)43-22-12-23-44-42-20-10-11-24-48(42)55-49(43)44)53-32-47-39-18-7-5-16-37(39)31-46-38-17-6-4-15-35(38)29-30-41(46)47/h1-32,52H. The van der Waals surface area contributed by atoms with Crippen molar-refractivity contribution in [1.82, 2.24) is 0 Å². The van der Waals surface area contributed by atoms with Gasteiger partial charge in [0, 0.05) is 39.2 Å². The molecule has 0 saturated heterocycles. The van der Waals surface area contributed by atoms with Gasteiger partial charge in [0.2, 0.25) is 0 Å². The lowest BCUT2D eigenvalue weighted by molar-refractivity contribution is 0.670. The zero-order valence-electron chi connectivity index (χ0n) is 29.8. The summed E-state index contributed by atoms with van der Waals surface area (Å²) in [5, 5.41) is 18.3. The lowest BCUT2D eigenvalue weighted by Crippen LogP contribution is -2.06. The molecule has 0 aliphatic carbocycles. The maximum atomic E-state index is 9.32. The third kappa shape index (κ3) is 5.77. The van der Waals surface area contributed by atoms with Crippen LogP contribution in [-0.2, 0) is 0 Å². The molecule has 4 nitrogen and oxygen atoms in total. The van der Waals surface area contributed by atoms with Crippen LogP contribution in [0.15, 0.2) is 202 Å². The van der Waals surface area contributed by atoms with Crippen LogP contribution in [0.5, 0.6) is 0 Å². The highest BCUT2D eigenvalue weighted by atomic mass is 16.3. The molecular weight excluding hydrogens is 671 g/mol. The number of furan rings is 1. The Morgan fingerprint density at radius 1 is 0.473 bits per heavy atom. The summed E-state index contributed by atoms with van der Waals surface area (Å²) in [4.78, 5) is 10.3. The maximum absolute atomic E-state index is 9.32. The van der Waals surface area contributed by atoms with E-state index in [4.69, 9.17) is 14.4 Å². The zero-order valence-corrected chi connectivity index (χ0v) is 29.8. The first-order valence-electron chi connectivity index (χ1n) is 18.4. The van der Waals surface area contributed by atoms with Gasteiger partial charge >= 0.3 is 0 Å². The summed E-state index contributed by atoms with van der Waals surface area (Å²) in [5.74, 6) is 0.556. The summed E-state index contributed by atoms with van der Waals surface area (Å²) in [6, 6.07) is 64.4. The minimum atomic E-state index is 0.122. The Bertz CT molecular complexity index is 3150. The highest BCUT2D eigenvalue weighted by molar-refractivity contribution is 6.23. The van der Waals surface area contributed by atoms with E-state index < -0.39 is 0 Å². The number of fused-ring (bicyclic) bond motifs is 7. The number of nitrogens with zero attached hydrogens (tertiary/aromatic N) is 2. The van der Waals surface area contributed by atoms with Gasteiger partial charge in [-0.1, -0.05) is 176 Å². The van der Waals surface area contributed by atoms with Crippen molar-refractivity contribution in [3.05, 3.63) is 205 Å². The molecular formula is C51H33N3O. The molecule has 9 aromatic carbocycles. The number of rotatable bonds is 5. The molecule has 0 fully saturated rings. The Hall–Kier alpha value is -7.43. The highest BCUT2D eigenvalue weighted by Gasteiger charge is 2.18. The fraction of sp³-hybridized carbons (Fsp3) is 0. The molecule has 0 amide bonds. The first-order valence-corrected chi connectivity index (χ1v) is 18.4. The van der Waals surface area contributed by atoms with E-state index in [1.165, 1.54) is 16.2 Å². The van der Waals surface area contributed by atoms with Crippen LogP contribution >= 0.6 is 0 Å². The second-order valence-electron chi connectivity index (χ2n) is 13.7. The average Bonchev–Trinajstić information content (AvgIpc) is 3.64. The van der Waals surface area contributed by atoms with Crippen LogP contribution in [0.1, 0.15) is 16.7 Å². The number of aliphatic imine (C=N–C) groups is 2. The molecule has 10 rings (SSSR count).